The van der Waals surface area contributed by atoms with Crippen molar-refractivity contribution in [2.24, 2.45) is 5.92 Å². The Morgan fingerprint density at radius 1 is 0.966 bits per heavy atom. The third-order valence-corrected chi connectivity index (χ3v) is 5.44. The van der Waals surface area contributed by atoms with Crippen LogP contribution in [0.15, 0.2) is 24.3 Å². The van der Waals surface area contributed by atoms with Crippen LogP contribution in [0.4, 0.5) is 30.7 Å². The predicted octanol–water partition coefficient (Wildman–Crippen LogP) is 6.32. The maximum absolute atomic E-state index is 15.4. The van der Waals surface area contributed by atoms with Gasteiger partial charge in [-0.15, -0.1) is 8.78 Å². The molecule has 8 heteroatoms. The molecule has 0 aliphatic heterocycles. The molecule has 0 aromatic rings. The molecule has 1 rings (SSSR count). The van der Waals surface area contributed by atoms with Crippen molar-refractivity contribution in [3.8, 4) is 0 Å². The van der Waals surface area contributed by atoms with Crippen molar-refractivity contribution >= 4 is 0 Å². The molecule has 0 bridgehead atoms. The van der Waals surface area contributed by atoms with E-state index < -0.39 is 53.9 Å². The second-order valence-corrected chi connectivity index (χ2v) is 8.09. The molecular formula is C21H33F7N+. The Kier molecular flexibility index (Phi) is 9.24. The van der Waals surface area contributed by atoms with E-state index in [2.05, 4.69) is 0 Å². The van der Waals surface area contributed by atoms with Crippen molar-refractivity contribution in [3.63, 3.8) is 0 Å². The van der Waals surface area contributed by atoms with E-state index >= 15 is 13.2 Å². The molecule has 0 radical (unpaired) electrons. The second-order valence-electron chi connectivity index (χ2n) is 8.09. The zero-order valence-electron chi connectivity index (χ0n) is 17.4. The van der Waals surface area contributed by atoms with Gasteiger partial charge in [-0.1, -0.05) is 64.7 Å². The molecule has 0 amide bonds. The lowest BCUT2D eigenvalue weighted by molar-refractivity contribution is -1.05. The summed E-state index contributed by atoms with van der Waals surface area (Å²) in [4.78, 5) is -1.45. The average Bonchev–Trinajstić information content (AvgIpc) is 2.63. The second kappa shape index (κ2) is 10.3. The maximum atomic E-state index is 15.4. The molecule has 1 nitrogen and oxygen atoms in total. The molecule has 0 saturated heterocycles. The summed E-state index contributed by atoms with van der Waals surface area (Å²) in [6, 6.07) is -5.28. The van der Waals surface area contributed by atoms with Crippen LogP contribution < -0.4 is 4.90 Å². The van der Waals surface area contributed by atoms with Crippen molar-refractivity contribution < 1.29 is 35.6 Å². The highest BCUT2D eigenvalue weighted by Gasteiger charge is 2.78. The van der Waals surface area contributed by atoms with Gasteiger partial charge in [0.2, 0.25) is 0 Å². The van der Waals surface area contributed by atoms with Gasteiger partial charge in [-0.3, -0.25) is 0 Å². The van der Waals surface area contributed by atoms with E-state index in [9.17, 15) is 17.6 Å². The molecule has 1 aliphatic carbocycles. The van der Waals surface area contributed by atoms with Crippen molar-refractivity contribution in [3.05, 3.63) is 24.3 Å². The third-order valence-electron chi connectivity index (χ3n) is 5.44. The van der Waals surface area contributed by atoms with Gasteiger partial charge in [0.15, 0.2) is 0 Å². The van der Waals surface area contributed by atoms with Crippen LogP contribution in [0.25, 0.3) is 0 Å². The lowest BCUT2D eigenvalue weighted by Crippen LogP contribution is -3.27. The summed E-state index contributed by atoms with van der Waals surface area (Å²) in [7, 11) is 0. The van der Waals surface area contributed by atoms with Crippen LogP contribution in [0.2, 0.25) is 0 Å². The minimum Gasteiger partial charge on any atom is -0.233 e. The predicted molar refractivity (Wildman–Crippen MR) is 100 cm³/mol. The van der Waals surface area contributed by atoms with Crippen molar-refractivity contribution in [1.29, 1.82) is 0 Å². The topological polar surface area (TPSA) is 4.44 Å². The number of allylic oxidation sites excluding steroid dienone is 2. The molecule has 29 heavy (non-hydrogen) atoms. The number of hydrogen-bond donors (Lipinski definition) is 1. The first-order chi connectivity index (χ1) is 13.4. The number of nitrogens with one attached hydrogen (secondary N) is 1. The van der Waals surface area contributed by atoms with Crippen molar-refractivity contribution in [2.75, 3.05) is 6.54 Å². The van der Waals surface area contributed by atoms with Gasteiger partial charge < -0.3 is 0 Å². The van der Waals surface area contributed by atoms with Crippen LogP contribution in [0.1, 0.15) is 72.1 Å². The van der Waals surface area contributed by atoms with Crippen LogP contribution in [-0.2, 0) is 0 Å². The van der Waals surface area contributed by atoms with Gasteiger partial charge in [0.25, 0.3) is 5.79 Å². The Labute approximate surface area is 169 Å². The summed E-state index contributed by atoms with van der Waals surface area (Å²) in [5, 5.41) is 0. The van der Waals surface area contributed by atoms with Crippen molar-refractivity contribution in [2.45, 2.75) is 95.8 Å². The van der Waals surface area contributed by atoms with Gasteiger partial charge in [-0.2, -0.15) is 22.0 Å². The Hall–Kier alpha value is -1.05. The Morgan fingerprint density at radius 2 is 1.62 bits per heavy atom. The standard InChI is InChI=1S/C21H32F7N/c1-4-6-7-11-15-19(23,24)20(25,26)21(27,28)29(16-17(3)12-5-2)18(22)13-9-8-10-14-18/h8-10,13,17H,4-7,11-12,14-16H2,1-3H3/p+1. The van der Waals surface area contributed by atoms with Gasteiger partial charge in [-0.25, -0.2) is 4.90 Å². The highest BCUT2D eigenvalue weighted by molar-refractivity contribution is 5.15. The average molecular weight is 432 g/mol. The molecule has 0 heterocycles. The first-order valence-corrected chi connectivity index (χ1v) is 10.4. The molecule has 1 aliphatic rings. The van der Waals surface area contributed by atoms with Crippen LogP contribution in [0.3, 0.4) is 0 Å². The normalized spacial score (nSPS) is 22.7. The smallest absolute Gasteiger partial charge is 0.233 e. The van der Waals surface area contributed by atoms with Crippen LogP contribution in [-0.4, -0.2) is 30.2 Å². The van der Waals surface area contributed by atoms with Gasteiger partial charge in [0, 0.05) is 18.4 Å². The van der Waals surface area contributed by atoms with E-state index in [1.54, 1.807) is 6.92 Å². The van der Waals surface area contributed by atoms with Crippen LogP contribution in [0, 0.1) is 5.92 Å². The first kappa shape index (κ1) is 26.0. The SMILES string of the molecule is CCCCCCC(F)(F)C(F)(F)C(F)(F)[NH+](CC(C)CCC)C1(F)C=CC=CC1. The van der Waals surface area contributed by atoms with Gasteiger partial charge in [0.1, 0.15) is 0 Å². The highest BCUT2D eigenvalue weighted by Crippen LogP contribution is 2.46. The molecule has 1 N–H and O–H groups in total. The molecule has 0 spiro atoms. The van der Waals surface area contributed by atoms with Gasteiger partial charge in [0.05, 0.1) is 13.0 Å². The van der Waals surface area contributed by atoms with Gasteiger partial charge >= 0.3 is 17.9 Å². The number of rotatable bonds is 13. The quantitative estimate of drug-likeness (QED) is 0.197. The molecular weight excluding hydrogens is 399 g/mol. The van der Waals surface area contributed by atoms with Crippen molar-refractivity contribution in [1.82, 2.24) is 0 Å². The minimum atomic E-state index is -5.68. The zero-order chi connectivity index (χ0) is 22.3. The summed E-state index contributed by atoms with van der Waals surface area (Å²) in [5.41, 5.74) is 0. The van der Waals surface area contributed by atoms with Gasteiger partial charge in [-0.05, 0) is 12.8 Å². The summed E-state index contributed by atoms with van der Waals surface area (Å²) < 4.78 is 103. The van der Waals surface area contributed by atoms with Crippen LogP contribution in [0.5, 0.6) is 0 Å². The number of unbranched alkanes of at least 4 members (excludes halogenated alkanes) is 3. The molecule has 0 aromatic carbocycles. The van der Waals surface area contributed by atoms with E-state index in [-0.39, 0.29) is 12.8 Å². The zero-order valence-corrected chi connectivity index (χ0v) is 17.4. The lowest BCUT2D eigenvalue weighted by atomic mass is 9.95. The van der Waals surface area contributed by atoms with E-state index in [4.69, 9.17) is 0 Å². The summed E-state index contributed by atoms with van der Waals surface area (Å²) >= 11 is 0. The Balaban J connectivity index is 3.21. The number of halogens is 7. The number of alkyl halides is 7. The molecule has 170 valence electrons. The molecule has 3 unspecified atom stereocenters. The maximum Gasteiger partial charge on any atom is 0.462 e. The van der Waals surface area contributed by atoms with E-state index in [1.807, 2.05) is 6.92 Å². The fourth-order valence-corrected chi connectivity index (χ4v) is 3.67. The minimum absolute atomic E-state index is 0.248. The third kappa shape index (κ3) is 5.98. The van der Waals surface area contributed by atoms with E-state index in [0.29, 0.717) is 25.7 Å². The van der Waals surface area contributed by atoms with Crippen LogP contribution >= 0.6 is 0 Å². The summed E-state index contributed by atoms with van der Waals surface area (Å²) in [6.45, 7) is 4.44. The summed E-state index contributed by atoms with van der Waals surface area (Å²) in [5.74, 6) is -14.0. The fourth-order valence-electron chi connectivity index (χ4n) is 3.67. The fraction of sp³-hybridized carbons (Fsp3) is 0.810. The summed E-state index contributed by atoms with van der Waals surface area (Å²) in [6.07, 6.45) is 4.79. The largest absolute Gasteiger partial charge is 0.462 e. The number of quaternary nitrogens is 1. The number of hydrogen-bond acceptors (Lipinski definition) is 0. The Bertz CT molecular complexity index is 559. The molecule has 0 saturated carbocycles. The molecule has 0 fully saturated rings. The first-order valence-electron chi connectivity index (χ1n) is 10.4. The highest BCUT2D eigenvalue weighted by atomic mass is 19.3. The molecule has 0 aromatic heterocycles. The lowest BCUT2D eigenvalue weighted by Gasteiger charge is -2.42. The Morgan fingerprint density at radius 3 is 2.14 bits per heavy atom. The monoisotopic (exact) mass is 432 g/mol. The van der Waals surface area contributed by atoms with E-state index in [1.165, 1.54) is 19.1 Å². The van der Waals surface area contributed by atoms with E-state index in [0.717, 1.165) is 12.2 Å². The molecule has 3 atom stereocenters.